The normalized spacial score (nSPS) is 12.6. The smallest absolute Gasteiger partial charge is 0.321 e. The minimum Gasteiger partial charge on any atom is -0.486 e. The molecule has 1 aliphatic rings. The van der Waals surface area contributed by atoms with Crippen molar-refractivity contribution in [3.8, 4) is 11.5 Å². The fourth-order valence-corrected chi connectivity index (χ4v) is 2.46. The summed E-state index contributed by atoms with van der Waals surface area (Å²) >= 11 is 1.32. The molecule has 0 saturated heterocycles. The van der Waals surface area contributed by atoms with Crippen LogP contribution in [0, 0.1) is 0 Å². The molecule has 0 spiro atoms. The lowest BCUT2D eigenvalue weighted by atomic mass is 10.3. The standard InChI is InChI=1S/C14H18N2O5S/c1-19-5-4-15-14(18)16-13(17)9-22-10-2-3-11-12(8-10)21-7-6-20-11/h2-3,8H,4-7,9H2,1H3,(H2,15,16,17,18). The van der Waals surface area contributed by atoms with E-state index in [0.717, 1.165) is 4.90 Å². The molecule has 1 aromatic carbocycles. The van der Waals surface area contributed by atoms with Gasteiger partial charge >= 0.3 is 6.03 Å². The molecule has 0 atom stereocenters. The summed E-state index contributed by atoms with van der Waals surface area (Å²) in [6, 6.07) is 4.96. The highest BCUT2D eigenvalue weighted by atomic mass is 32.2. The molecule has 0 bridgehead atoms. The maximum absolute atomic E-state index is 11.7. The first-order chi connectivity index (χ1) is 10.7. The Morgan fingerprint density at radius 3 is 2.82 bits per heavy atom. The maximum atomic E-state index is 11.7. The zero-order valence-electron chi connectivity index (χ0n) is 12.2. The molecule has 22 heavy (non-hydrogen) atoms. The Kier molecular flexibility index (Phi) is 6.35. The highest BCUT2D eigenvalue weighted by molar-refractivity contribution is 8.00. The van der Waals surface area contributed by atoms with Crippen LogP contribution in [0.5, 0.6) is 11.5 Å². The third kappa shape index (κ3) is 5.12. The van der Waals surface area contributed by atoms with Crippen molar-refractivity contribution in [2.75, 3.05) is 39.2 Å². The summed E-state index contributed by atoms with van der Waals surface area (Å²) in [5.74, 6) is 1.15. The number of nitrogens with one attached hydrogen (secondary N) is 2. The molecule has 2 N–H and O–H groups in total. The molecule has 0 saturated carbocycles. The average molecular weight is 326 g/mol. The van der Waals surface area contributed by atoms with Crippen LogP contribution in [0.2, 0.25) is 0 Å². The quantitative estimate of drug-likeness (QED) is 0.600. The highest BCUT2D eigenvalue weighted by Crippen LogP contribution is 2.33. The molecule has 120 valence electrons. The molecule has 3 amide bonds. The lowest BCUT2D eigenvalue weighted by Gasteiger charge is -2.18. The maximum Gasteiger partial charge on any atom is 0.321 e. The van der Waals surface area contributed by atoms with Crippen molar-refractivity contribution in [2.24, 2.45) is 0 Å². The Balaban J connectivity index is 1.75. The lowest BCUT2D eigenvalue weighted by molar-refractivity contribution is -0.117. The van der Waals surface area contributed by atoms with Gasteiger partial charge in [-0.05, 0) is 18.2 Å². The van der Waals surface area contributed by atoms with E-state index in [1.165, 1.54) is 18.9 Å². The number of ether oxygens (including phenoxy) is 3. The number of imide groups is 1. The lowest BCUT2D eigenvalue weighted by Crippen LogP contribution is -2.41. The monoisotopic (exact) mass is 326 g/mol. The average Bonchev–Trinajstić information content (AvgIpc) is 2.53. The topological polar surface area (TPSA) is 85.9 Å². The number of rotatable bonds is 6. The molecule has 1 heterocycles. The van der Waals surface area contributed by atoms with E-state index >= 15 is 0 Å². The van der Waals surface area contributed by atoms with Gasteiger partial charge in [0.2, 0.25) is 5.91 Å². The first-order valence-corrected chi connectivity index (χ1v) is 7.76. The van der Waals surface area contributed by atoms with E-state index in [2.05, 4.69) is 10.6 Å². The largest absolute Gasteiger partial charge is 0.486 e. The van der Waals surface area contributed by atoms with Crippen molar-refractivity contribution in [2.45, 2.75) is 4.90 Å². The van der Waals surface area contributed by atoms with Crippen molar-refractivity contribution in [3.63, 3.8) is 0 Å². The minimum atomic E-state index is -0.523. The Bertz CT molecular complexity index is 538. The number of carbonyl (C=O) groups is 2. The predicted molar refractivity (Wildman–Crippen MR) is 81.6 cm³/mol. The van der Waals surface area contributed by atoms with Crippen LogP contribution in [0.3, 0.4) is 0 Å². The second-order valence-electron chi connectivity index (χ2n) is 4.39. The number of carbonyl (C=O) groups excluding carboxylic acids is 2. The van der Waals surface area contributed by atoms with Crippen LogP contribution < -0.4 is 20.1 Å². The van der Waals surface area contributed by atoms with E-state index in [0.29, 0.717) is 37.9 Å². The van der Waals surface area contributed by atoms with E-state index in [1.54, 1.807) is 0 Å². The number of fused-ring (bicyclic) bond motifs is 1. The van der Waals surface area contributed by atoms with Gasteiger partial charge in [0.05, 0.1) is 12.4 Å². The molecular formula is C14H18N2O5S. The fraction of sp³-hybridized carbons (Fsp3) is 0.429. The SMILES string of the molecule is COCCNC(=O)NC(=O)CSc1ccc2c(c1)OCCO2. The second kappa shape index (κ2) is 8.50. The van der Waals surface area contributed by atoms with Gasteiger partial charge in [0, 0.05) is 18.6 Å². The summed E-state index contributed by atoms with van der Waals surface area (Å²) in [5, 5.41) is 4.76. The molecule has 0 fully saturated rings. The van der Waals surface area contributed by atoms with Crippen molar-refractivity contribution >= 4 is 23.7 Å². The number of methoxy groups -OCH3 is 1. The number of thioether (sulfide) groups is 1. The third-order valence-corrected chi connectivity index (χ3v) is 3.72. The molecule has 8 heteroatoms. The van der Waals surface area contributed by atoms with E-state index in [-0.39, 0.29) is 11.7 Å². The van der Waals surface area contributed by atoms with Crippen LogP contribution in [0.1, 0.15) is 0 Å². The van der Waals surface area contributed by atoms with Crippen molar-refractivity contribution in [1.82, 2.24) is 10.6 Å². The molecule has 0 aliphatic carbocycles. The number of amides is 3. The van der Waals surface area contributed by atoms with Crippen LogP contribution in [0.25, 0.3) is 0 Å². The van der Waals surface area contributed by atoms with Gasteiger partial charge in [-0.2, -0.15) is 0 Å². The van der Waals surface area contributed by atoms with Crippen molar-refractivity contribution in [3.05, 3.63) is 18.2 Å². The van der Waals surface area contributed by atoms with Crippen LogP contribution in [-0.4, -0.2) is 51.2 Å². The van der Waals surface area contributed by atoms with Gasteiger partial charge in [-0.1, -0.05) is 0 Å². The number of urea groups is 1. The van der Waals surface area contributed by atoms with Crippen LogP contribution in [0.4, 0.5) is 4.79 Å². The Morgan fingerprint density at radius 2 is 2.05 bits per heavy atom. The summed E-state index contributed by atoms with van der Waals surface area (Å²) in [4.78, 5) is 23.9. The molecule has 0 aromatic heterocycles. The van der Waals surface area contributed by atoms with E-state index < -0.39 is 6.03 Å². The van der Waals surface area contributed by atoms with Crippen molar-refractivity contribution < 1.29 is 23.8 Å². The molecule has 7 nitrogen and oxygen atoms in total. The van der Waals surface area contributed by atoms with Crippen molar-refractivity contribution in [1.29, 1.82) is 0 Å². The Morgan fingerprint density at radius 1 is 1.27 bits per heavy atom. The molecule has 1 aromatic rings. The summed E-state index contributed by atoms with van der Waals surface area (Å²) in [5.41, 5.74) is 0. The number of benzene rings is 1. The van der Waals surface area contributed by atoms with Gasteiger partial charge < -0.3 is 19.5 Å². The summed E-state index contributed by atoms with van der Waals surface area (Å²) in [6.45, 7) is 1.81. The predicted octanol–water partition coefficient (Wildman–Crippen LogP) is 1.02. The van der Waals surface area contributed by atoms with Crippen LogP contribution in [0.15, 0.2) is 23.1 Å². The van der Waals surface area contributed by atoms with E-state index in [1.807, 2.05) is 18.2 Å². The van der Waals surface area contributed by atoms with Crippen LogP contribution in [-0.2, 0) is 9.53 Å². The molecule has 0 radical (unpaired) electrons. The first-order valence-electron chi connectivity index (χ1n) is 6.78. The zero-order chi connectivity index (χ0) is 15.8. The molecule has 2 rings (SSSR count). The molecule has 1 aliphatic heterocycles. The molecule has 0 unspecified atom stereocenters. The number of hydrogen-bond donors (Lipinski definition) is 2. The van der Waals surface area contributed by atoms with Gasteiger partial charge in [-0.15, -0.1) is 11.8 Å². The van der Waals surface area contributed by atoms with Gasteiger partial charge in [-0.25, -0.2) is 4.79 Å². The van der Waals surface area contributed by atoms with E-state index in [9.17, 15) is 9.59 Å². The molecular weight excluding hydrogens is 308 g/mol. The fourth-order valence-electron chi connectivity index (χ4n) is 1.74. The Hall–Kier alpha value is -1.93. The summed E-state index contributed by atoms with van der Waals surface area (Å²) in [7, 11) is 1.54. The van der Waals surface area contributed by atoms with Gasteiger partial charge in [0.25, 0.3) is 0 Å². The third-order valence-electron chi connectivity index (χ3n) is 2.73. The van der Waals surface area contributed by atoms with Gasteiger partial charge in [-0.3, -0.25) is 10.1 Å². The first kappa shape index (κ1) is 16.4. The van der Waals surface area contributed by atoms with Gasteiger partial charge in [0.1, 0.15) is 13.2 Å². The van der Waals surface area contributed by atoms with E-state index in [4.69, 9.17) is 14.2 Å². The highest BCUT2D eigenvalue weighted by Gasteiger charge is 2.13. The minimum absolute atomic E-state index is 0.136. The Labute approximate surface area is 132 Å². The zero-order valence-corrected chi connectivity index (χ0v) is 13.0. The van der Waals surface area contributed by atoms with Gasteiger partial charge in [0.15, 0.2) is 11.5 Å². The summed E-state index contributed by atoms with van der Waals surface area (Å²) < 4.78 is 15.7. The summed E-state index contributed by atoms with van der Waals surface area (Å²) in [6.07, 6.45) is 0. The van der Waals surface area contributed by atoms with Crippen LogP contribution >= 0.6 is 11.8 Å². The second-order valence-corrected chi connectivity index (χ2v) is 5.44. The number of hydrogen-bond acceptors (Lipinski definition) is 6.